The van der Waals surface area contributed by atoms with Gasteiger partial charge in [-0.15, -0.1) is 0 Å². The van der Waals surface area contributed by atoms with Gasteiger partial charge in [-0.2, -0.15) is 14.6 Å². The highest BCUT2D eigenvalue weighted by molar-refractivity contribution is 5.47. The molecule has 2 aromatic heterocycles. The molecule has 3 heterocycles. The number of aryl methyl sites for hydroxylation is 1. The molecule has 0 spiro atoms. The van der Waals surface area contributed by atoms with Gasteiger partial charge in [-0.3, -0.25) is 0 Å². The smallest absolute Gasteiger partial charge is 0.254 e. The number of ether oxygens (including phenoxy) is 1. The highest BCUT2D eigenvalue weighted by Gasteiger charge is 2.21. The molecular weight excluding hydrogens is 242 g/mol. The molecular formula is C13H19N5O. The third-order valence-electron chi connectivity index (χ3n) is 3.53. The standard InChI is InChI=1S/C13H19N5O/c1-3-19-11-4-6-17(7-5-11)12-8-10(2)16-13-14-9-15-18(12)13/h8-9,11H,3-7H2,1-2H3. The van der Waals surface area contributed by atoms with E-state index >= 15 is 0 Å². The van der Waals surface area contributed by atoms with E-state index in [0.717, 1.165) is 44.0 Å². The Morgan fingerprint density at radius 1 is 1.37 bits per heavy atom. The van der Waals surface area contributed by atoms with Gasteiger partial charge < -0.3 is 9.64 Å². The first kappa shape index (κ1) is 12.3. The van der Waals surface area contributed by atoms with Crippen molar-refractivity contribution in [2.45, 2.75) is 32.8 Å². The molecule has 0 atom stereocenters. The van der Waals surface area contributed by atoms with E-state index in [2.05, 4.69) is 33.0 Å². The zero-order chi connectivity index (χ0) is 13.2. The van der Waals surface area contributed by atoms with Crippen LogP contribution in [0.25, 0.3) is 5.78 Å². The summed E-state index contributed by atoms with van der Waals surface area (Å²) in [6.45, 7) is 6.82. The molecule has 6 nitrogen and oxygen atoms in total. The molecule has 3 rings (SSSR count). The van der Waals surface area contributed by atoms with Gasteiger partial charge in [-0.25, -0.2) is 4.98 Å². The molecule has 1 fully saturated rings. The molecule has 102 valence electrons. The first-order chi connectivity index (χ1) is 9.28. The molecule has 0 bridgehead atoms. The molecule has 0 N–H and O–H groups in total. The Bertz CT molecular complexity index is 559. The molecule has 0 saturated carbocycles. The minimum Gasteiger partial charge on any atom is -0.378 e. The second kappa shape index (κ2) is 5.13. The molecule has 1 aliphatic heterocycles. The lowest BCUT2D eigenvalue weighted by Crippen LogP contribution is -2.38. The van der Waals surface area contributed by atoms with Gasteiger partial charge >= 0.3 is 0 Å². The number of nitrogens with zero attached hydrogens (tertiary/aromatic N) is 5. The van der Waals surface area contributed by atoms with Gasteiger partial charge in [0.1, 0.15) is 12.1 Å². The highest BCUT2D eigenvalue weighted by atomic mass is 16.5. The maximum absolute atomic E-state index is 5.69. The Balaban J connectivity index is 1.83. The van der Waals surface area contributed by atoms with Crippen molar-refractivity contribution in [1.29, 1.82) is 0 Å². The minimum absolute atomic E-state index is 0.399. The summed E-state index contributed by atoms with van der Waals surface area (Å²) < 4.78 is 7.50. The van der Waals surface area contributed by atoms with Crippen LogP contribution in [-0.4, -0.2) is 45.4 Å². The second-order valence-corrected chi connectivity index (χ2v) is 4.87. The molecule has 6 heteroatoms. The minimum atomic E-state index is 0.399. The van der Waals surface area contributed by atoms with Crippen LogP contribution in [0.2, 0.25) is 0 Å². The third-order valence-corrected chi connectivity index (χ3v) is 3.53. The summed E-state index contributed by atoms with van der Waals surface area (Å²) in [6, 6.07) is 2.07. The van der Waals surface area contributed by atoms with E-state index in [1.807, 2.05) is 11.4 Å². The van der Waals surface area contributed by atoms with Crippen molar-refractivity contribution in [3.05, 3.63) is 18.1 Å². The monoisotopic (exact) mass is 261 g/mol. The second-order valence-electron chi connectivity index (χ2n) is 4.87. The molecule has 0 amide bonds. The number of hydrogen-bond donors (Lipinski definition) is 0. The van der Waals surface area contributed by atoms with Crippen molar-refractivity contribution in [3.8, 4) is 0 Å². The molecule has 0 unspecified atom stereocenters. The summed E-state index contributed by atoms with van der Waals surface area (Å²) in [5, 5.41) is 4.26. The summed E-state index contributed by atoms with van der Waals surface area (Å²) in [4.78, 5) is 10.9. The van der Waals surface area contributed by atoms with Crippen molar-refractivity contribution in [2.24, 2.45) is 0 Å². The number of piperidine rings is 1. The van der Waals surface area contributed by atoms with Gasteiger partial charge in [0.25, 0.3) is 5.78 Å². The number of anilines is 1. The summed E-state index contributed by atoms with van der Waals surface area (Å²) in [6.07, 6.45) is 4.07. The van der Waals surface area contributed by atoms with E-state index in [-0.39, 0.29) is 0 Å². The van der Waals surface area contributed by atoms with Gasteiger partial charge in [0.05, 0.1) is 6.10 Å². The van der Waals surface area contributed by atoms with Crippen molar-refractivity contribution >= 4 is 11.6 Å². The van der Waals surface area contributed by atoms with Crippen LogP contribution >= 0.6 is 0 Å². The van der Waals surface area contributed by atoms with Crippen LogP contribution in [0, 0.1) is 6.92 Å². The quantitative estimate of drug-likeness (QED) is 0.836. The van der Waals surface area contributed by atoms with Gasteiger partial charge in [-0.05, 0) is 26.7 Å². The summed E-state index contributed by atoms with van der Waals surface area (Å²) in [5.41, 5.74) is 0.974. The van der Waals surface area contributed by atoms with Crippen molar-refractivity contribution in [1.82, 2.24) is 19.6 Å². The average Bonchev–Trinajstić information content (AvgIpc) is 2.87. The molecule has 2 aromatic rings. The van der Waals surface area contributed by atoms with E-state index in [0.29, 0.717) is 11.9 Å². The van der Waals surface area contributed by atoms with Crippen molar-refractivity contribution < 1.29 is 4.74 Å². The van der Waals surface area contributed by atoms with Crippen molar-refractivity contribution in [3.63, 3.8) is 0 Å². The molecule has 1 saturated heterocycles. The largest absolute Gasteiger partial charge is 0.378 e. The number of hydrogen-bond acceptors (Lipinski definition) is 5. The number of fused-ring (bicyclic) bond motifs is 1. The van der Waals surface area contributed by atoms with Gasteiger partial charge in [-0.1, -0.05) is 0 Å². The van der Waals surface area contributed by atoms with Crippen LogP contribution in [-0.2, 0) is 4.74 Å². The molecule has 0 aromatic carbocycles. The van der Waals surface area contributed by atoms with Gasteiger partial charge in [0, 0.05) is 31.5 Å². The first-order valence-corrected chi connectivity index (χ1v) is 6.82. The van der Waals surface area contributed by atoms with Gasteiger partial charge in [0.15, 0.2) is 0 Å². The van der Waals surface area contributed by atoms with Crippen LogP contribution < -0.4 is 4.90 Å². The predicted molar refractivity (Wildman–Crippen MR) is 72.4 cm³/mol. The van der Waals surface area contributed by atoms with E-state index in [9.17, 15) is 0 Å². The Morgan fingerprint density at radius 3 is 2.89 bits per heavy atom. The molecule has 0 radical (unpaired) electrons. The van der Waals surface area contributed by atoms with Crippen molar-refractivity contribution in [2.75, 3.05) is 24.6 Å². The predicted octanol–water partition coefficient (Wildman–Crippen LogP) is 1.44. The summed E-state index contributed by atoms with van der Waals surface area (Å²) >= 11 is 0. The van der Waals surface area contributed by atoms with Crippen LogP contribution in [0.4, 0.5) is 5.82 Å². The first-order valence-electron chi connectivity index (χ1n) is 6.82. The fraction of sp³-hybridized carbons (Fsp3) is 0.615. The molecule has 1 aliphatic rings. The Hall–Kier alpha value is -1.69. The number of rotatable bonds is 3. The Morgan fingerprint density at radius 2 is 2.16 bits per heavy atom. The lowest BCUT2D eigenvalue weighted by atomic mass is 10.1. The van der Waals surface area contributed by atoms with E-state index in [1.165, 1.54) is 0 Å². The molecule has 19 heavy (non-hydrogen) atoms. The van der Waals surface area contributed by atoms with E-state index in [1.54, 1.807) is 6.33 Å². The average molecular weight is 261 g/mol. The van der Waals surface area contributed by atoms with Crippen LogP contribution in [0.5, 0.6) is 0 Å². The fourth-order valence-corrected chi connectivity index (χ4v) is 2.62. The lowest BCUT2D eigenvalue weighted by Gasteiger charge is -2.33. The SMILES string of the molecule is CCOC1CCN(c2cc(C)nc3ncnn23)CC1. The third kappa shape index (κ3) is 2.40. The maximum atomic E-state index is 5.69. The Labute approximate surface area is 112 Å². The zero-order valence-electron chi connectivity index (χ0n) is 11.4. The summed E-state index contributed by atoms with van der Waals surface area (Å²) in [7, 11) is 0. The Kier molecular flexibility index (Phi) is 3.33. The fourth-order valence-electron chi connectivity index (χ4n) is 2.62. The van der Waals surface area contributed by atoms with E-state index in [4.69, 9.17) is 4.74 Å². The topological polar surface area (TPSA) is 55.5 Å². The maximum Gasteiger partial charge on any atom is 0.254 e. The van der Waals surface area contributed by atoms with Crippen LogP contribution in [0.3, 0.4) is 0 Å². The highest BCUT2D eigenvalue weighted by Crippen LogP contribution is 2.22. The normalized spacial score (nSPS) is 17.3. The van der Waals surface area contributed by atoms with Crippen LogP contribution in [0.15, 0.2) is 12.4 Å². The zero-order valence-corrected chi connectivity index (χ0v) is 11.4. The van der Waals surface area contributed by atoms with E-state index < -0.39 is 0 Å². The molecule has 0 aliphatic carbocycles. The summed E-state index contributed by atoms with van der Waals surface area (Å²) in [5.74, 6) is 1.75. The van der Waals surface area contributed by atoms with Crippen LogP contribution in [0.1, 0.15) is 25.5 Å². The lowest BCUT2D eigenvalue weighted by molar-refractivity contribution is 0.0458. The van der Waals surface area contributed by atoms with Gasteiger partial charge in [0.2, 0.25) is 0 Å². The number of aromatic nitrogens is 4.